The summed E-state index contributed by atoms with van der Waals surface area (Å²) in [4.78, 5) is 0. The fraction of sp³-hybridized carbons (Fsp3) is 0.750. The topological polar surface area (TPSA) is 0 Å². The van der Waals surface area contributed by atoms with Crippen LogP contribution in [0.25, 0.3) is 0 Å². The second kappa shape index (κ2) is 10.7. The number of hydrogen-bond donors (Lipinski definition) is 2. The highest BCUT2D eigenvalue weighted by atomic mass is 32.1. The quantitative estimate of drug-likeness (QED) is 0.374. The fourth-order valence-electron chi connectivity index (χ4n) is 0.553. The van der Waals surface area contributed by atoms with E-state index >= 15 is 0 Å². The SMILES string of the molecule is SCCCC=S=CCCCS. The lowest BCUT2D eigenvalue weighted by molar-refractivity contribution is 1.04. The van der Waals surface area contributed by atoms with Gasteiger partial charge in [0.1, 0.15) is 0 Å². The third kappa shape index (κ3) is 10.7. The molecule has 0 aromatic carbocycles. The first-order valence-corrected chi connectivity index (χ1v) is 6.13. The van der Waals surface area contributed by atoms with E-state index in [1.165, 1.54) is 25.7 Å². The Morgan fingerprint density at radius 1 is 0.909 bits per heavy atom. The lowest BCUT2D eigenvalue weighted by atomic mass is 10.4. The first kappa shape index (κ1) is 11.7. The molecule has 11 heavy (non-hydrogen) atoms. The molecular weight excluding hydrogens is 192 g/mol. The molecule has 0 aliphatic carbocycles. The Morgan fingerprint density at radius 2 is 1.36 bits per heavy atom. The van der Waals surface area contributed by atoms with Gasteiger partial charge in [0.2, 0.25) is 0 Å². The van der Waals surface area contributed by atoms with Gasteiger partial charge < -0.3 is 0 Å². The highest BCUT2D eigenvalue weighted by Crippen LogP contribution is 1.90. The first-order valence-electron chi connectivity index (χ1n) is 3.92. The van der Waals surface area contributed by atoms with Gasteiger partial charge >= 0.3 is 0 Å². The number of hydrogen-bond acceptors (Lipinski definition) is 2. The van der Waals surface area contributed by atoms with Gasteiger partial charge in [-0.3, -0.25) is 0 Å². The summed E-state index contributed by atoms with van der Waals surface area (Å²) in [7, 11) is 1.82. The van der Waals surface area contributed by atoms with Gasteiger partial charge in [-0.1, -0.05) is 0 Å². The Morgan fingerprint density at radius 3 is 1.73 bits per heavy atom. The second-order valence-electron chi connectivity index (χ2n) is 2.20. The fourth-order valence-corrected chi connectivity index (χ4v) is 1.66. The molecule has 0 aliphatic heterocycles. The van der Waals surface area contributed by atoms with Crippen LogP contribution in [0.3, 0.4) is 0 Å². The van der Waals surface area contributed by atoms with E-state index in [1.807, 2.05) is 10.9 Å². The van der Waals surface area contributed by atoms with E-state index < -0.39 is 0 Å². The van der Waals surface area contributed by atoms with E-state index in [4.69, 9.17) is 0 Å². The van der Waals surface area contributed by atoms with Gasteiger partial charge in [0.05, 0.1) is 0 Å². The molecule has 0 aliphatic rings. The third-order valence-electron chi connectivity index (χ3n) is 1.15. The summed E-state index contributed by atoms with van der Waals surface area (Å²) in [5, 5.41) is 4.49. The molecule has 0 N–H and O–H groups in total. The average molecular weight is 208 g/mol. The molecule has 0 atom stereocenters. The molecule has 0 aromatic rings. The van der Waals surface area contributed by atoms with Crippen LogP contribution in [-0.4, -0.2) is 22.2 Å². The van der Waals surface area contributed by atoms with Crippen LogP contribution in [0.1, 0.15) is 25.7 Å². The van der Waals surface area contributed by atoms with Gasteiger partial charge in [-0.15, -0.1) is 0 Å². The summed E-state index contributed by atoms with van der Waals surface area (Å²) in [6.45, 7) is 0. The minimum atomic E-state index is 0.994. The number of unbranched alkanes of at least 4 members (excludes halogenated alkanes) is 2. The van der Waals surface area contributed by atoms with Gasteiger partial charge in [0.15, 0.2) is 0 Å². The van der Waals surface area contributed by atoms with E-state index in [0.29, 0.717) is 0 Å². The zero-order valence-electron chi connectivity index (χ0n) is 6.70. The van der Waals surface area contributed by atoms with Crippen molar-refractivity contribution >= 4 is 46.9 Å². The minimum absolute atomic E-state index is 0.994. The average Bonchev–Trinajstić information content (AvgIpc) is 2.03. The minimum Gasteiger partial charge on any atom is -0.179 e. The predicted molar refractivity (Wildman–Crippen MR) is 65.9 cm³/mol. The molecular formula is C8H16S3. The Kier molecular flexibility index (Phi) is 11.3. The molecule has 0 bridgehead atoms. The van der Waals surface area contributed by atoms with Crippen LogP contribution in [0, 0.1) is 0 Å². The molecule has 0 aromatic heterocycles. The maximum absolute atomic E-state index is 4.13. The Labute approximate surface area is 84.1 Å². The lowest BCUT2D eigenvalue weighted by Crippen LogP contribution is -1.76. The Hall–Kier alpha value is 0.660. The van der Waals surface area contributed by atoms with Crippen molar-refractivity contribution in [2.24, 2.45) is 0 Å². The Bertz CT molecular complexity index is 113. The van der Waals surface area contributed by atoms with E-state index in [2.05, 4.69) is 36.0 Å². The summed E-state index contributed by atoms with van der Waals surface area (Å²) < 4.78 is 0. The molecule has 0 saturated heterocycles. The summed E-state index contributed by atoms with van der Waals surface area (Å²) in [6, 6.07) is 0. The molecule has 0 heterocycles. The van der Waals surface area contributed by atoms with E-state index in [-0.39, 0.29) is 0 Å². The van der Waals surface area contributed by atoms with Crippen molar-refractivity contribution in [2.75, 3.05) is 11.5 Å². The van der Waals surface area contributed by atoms with Crippen molar-refractivity contribution in [3.05, 3.63) is 0 Å². The maximum Gasteiger partial charge on any atom is -0.00947 e. The predicted octanol–water partition coefficient (Wildman–Crippen LogP) is 2.74. The molecule has 0 nitrogen and oxygen atoms in total. The standard InChI is InChI=1S/C8H16S3/c9-5-1-3-7-11-8-4-2-6-10/h7-10H,1-6H2. The molecule has 0 fully saturated rings. The Balaban J connectivity index is 3.17. The van der Waals surface area contributed by atoms with Crippen molar-refractivity contribution in [3.8, 4) is 0 Å². The summed E-state index contributed by atoms with van der Waals surface area (Å²) in [5.41, 5.74) is 0. The van der Waals surface area contributed by atoms with Crippen LogP contribution < -0.4 is 0 Å². The van der Waals surface area contributed by atoms with Gasteiger partial charge in [-0.05, 0) is 47.9 Å². The van der Waals surface area contributed by atoms with Crippen LogP contribution in [-0.2, 0) is 0 Å². The molecule has 0 unspecified atom stereocenters. The molecule has 0 saturated carbocycles. The van der Waals surface area contributed by atoms with Crippen LogP contribution in [0.15, 0.2) is 0 Å². The van der Waals surface area contributed by atoms with Crippen molar-refractivity contribution in [2.45, 2.75) is 25.7 Å². The van der Waals surface area contributed by atoms with Crippen molar-refractivity contribution < 1.29 is 0 Å². The molecule has 0 amide bonds. The van der Waals surface area contributed by atoms with E-state index in [0.717, 1.165) is 11.5 Å². The normalized spacial score (nSPS) is 9.27. The number of rotatable bonds is 6. The molecule has 3 heteroatoms. The monoisotopic (exact) mass is 208 g/mol. The highest BCUT2D eigenvalue weighted by Gasteiger charge is 1.77. The molecule has 0 radical (unpaired) electrons. The highest BCUT2D eigenvalue weighted by molar-refractivity contribution is 7.95. The van der Waals surface area contributed by atoms with Gasteiger partial charge in [-0.25, -0.2) is 0 Å². The van der Waals surface area contributed by atoms with Crippen molar-refractivity contribution in [1.29, 1.82) is 0 Å². The van der Waals surface area contributed by atoms with Gasteiger partial charge in [-0.2, -0.15) is 36.2 Å². The zero-order chi connectivity index (χ0) is 8.36. The van der Waals surface area contributed by atoms with Crippen LogP contribution in [0.5, 0.6) is 0 Å². The van der Waals surface area contributed by atoms with Gasteiger partial charge in [0, 0.05) is 0 Å². The molecule has 66 valence electrons. The maximum atomic E-state index is 4.13. The third-order valence-corrected chi connectivity index (χ3v) is 2.64. The summed E-state index contributed by atoms with van der Waals surface area (Å²) in [5.74, 6) is 1.99. The van der Waals surface area contributed by atoms with Crippen molar-refractivity contribution in [1.82, 2.24) is 0 Å². The van der Waals surface area contributed by atoms with E-state index in [1.54, 1.807) is 0 Å². The largest absolute Gasteiger partial charge is 0.179 e. The summed E-state index contributed by atoms with van der Waals surface area (Å²) in [6.07, 6.45) is 4.73. The lowest BCUT2D eigenvalue weighted by Gasteiger charge is -1.85. The van der Waals surface area contributed by atoms with Crippen LogP contribution in [0.2, 0.25) is 0 Å². The second-order valence-corrected chi connectivity index (χ2v) is 4.03. The van der Waals surface area contributed by atoms with Crippen LogP contribution in [0.4, 0.5) is 0 Å². The van der Waals surface area contributed by atoms with Gasteiger partial charge in [0.25, 0.3) is 0 Å². The molecule has 0 spiro atoms. The molecule has 0 rings (SSSR count). The van der Waals surface area contributed by atoms with E-state index in [9.17, 15) is 0 Å². The summed E-state index contributed by atoms with van der Waals surface area (Å²) >= 11 is 8.26. The smallest absolute Gasteiger partial charge is 0.00947 e. The van der Waals surface area contributed by atoms with Crippen LogP contribution >= 0.6 is 36.2 Å². The van der Waals surface area contributed by atoms with Crippen molar-refractivity contribution in [3.63, 3.8) is 0 Å². The first-order chi connectivity index (χ1) is 5.41. The zero-order valence-corrected chi connectivity index (χ0v) is 9.31. The number of thiol groups is 2.